The zero-order valence-electron chi connectivity index (χ0n) is 21.4. The number of aryl methyl sites for hydroxylation is 2. The summed E-state index contributed by atoms with van der Waals surface area (Å²) < 4.78 is 5.16. The molecule has 10 heteroatoms. The fourth-order valence-electron chi connectivity index (χ4n) is 4.12. The molecule has 37 heavy (non-hydrogen) atoms. The van der Waals surface area contributed by atoms with Crippen LogP contribution in [0.25, 0.3) is 0 Å². The number of unbranched alkanes of at least 4 members (excludes halogenated alkanes) is 1. The van der Waals surface area contributed by atoms with Crippen LogP contribution in [0, 0.1) is 0 Å². The molecule has 3 rings (SSSR count). The maximum Gasteiger partial charge on any atom is 0.408 e. The minimum Gasteiger partial charge on any atom is -0.480 e. The minimum absolute atomic E-state index is 0.0583. The van der Waals surface area contributed by atoms with Crippen molar-refractivity contribution in [3.05, 3.63) is 59.3 Å². The summed E-state index contributed by atoms with van der Waals surface area (Å²) in [5.74, 6) is -0.304. The summed E-state index contributed by atoms with van der Waals surface area (Å²) >= 11 is 0. The number of hydrogen-bond donors (Lipinski definition) is 4. The quantitative estimate of drug-likeness (QED) is 0.225. The lowest BCUT2D eigenvalue weighted by molar-refractivity contribution is -0.139. The van der Waals surface area contributed by atoms with Gasteiger partial charge in [0, 0.05) is 25.7 Å². The zero-order chi connectivity index (χ0) is 26.5. The Labute approximate surface area is 217 Å². The third kappa shape index (κ3) is 10.1. The average molecular weight is 512 g/mol. The molecule has 2 heterocycles. The van der Waals surface area contributed by atoms with E-state index in [9.17, 15) is 19.5 Å². The number of pyridine rings is 1. The molecule has 200 valence electrons. The molecule has 0 saturated heterocycles. The Hall–Kier alpha value is -3.66. The maximum atomic E-state index is 12.1. The van der Waals surface area contributed by atoms with E-state index in [4.69, 9.17) is 9.72 Å². The van der Waals surface area contributed by atoms with Gasteiger partial charge in [0.05, 0.1) is 6.67 Å². The largest absolute Gasteiger partial charge is 0.480 e. The molecule has 0 saturated carbocycles. The number of amides is 2. The maximum absolute atomic E-state index is 12.1. The molecular weight excluding hydrogens is 474 g/mol. The fourth-order valence-corrected chi connectivity index (χ4v) is 4.12. The number of aromatic nitrogens is 1. The molecule has 2 aromatic rings. The van der Waals surface area contributed by atoms with Gasteiger partial charge in [-0.1, -0.05) is 36.4 Å². The smallest absolute Gasteiger partial charge is 0.408 e. The van der Waals surface area contributed by atoms with Crippen molar-refractivity contribution in [1.82, 2.24) is 20.5 Å². The number of carbonyl (C=O) groups is 3. The van der Waals surface area contributed by atoms with E-state index in [0.717, 1.165) is 55.7 Å². The molecule has 4 N–H and O–H groups in total. The number of carboxylic acids is 1. The first-order chi connectivity index (χ1) is 17.9. The van der Waals surface area contributed by atoms with E-state index in [0.29, 0.717) is 19.8 Å². The van der Waals surface area contributed by atoms with Crippen molar-refractivity contribution in [2.75, 3.05) is 31.6 Å². The second-order valence-electron chi connectivity index (χ2n) is 9.19. The van der Waals surface area contributed by atoms with Crippen LogP contribution in [-0.2, 0) is 33.8 Å². The Morgan fingerprint density at radius 1 is 1.14 bits per heavy atom. The number of aliphatic carboxylic acids is 1. The van der Waals surface area contributed by atoms with Gasteiger partial charge >= 0.3 is 12.1 Å². The number of nitrogens with one attached hydrogen (secondary N) is 3. The highest BCUT2D eigenvalue weighted by Crippen LogP contribution is 2.20. The number of hydrogen-bond acceptors (Lipinski definition) is 7. The number of rotatable bonds is 14. The van der Waals surface area contributed by atoms with Gasteiger partial charge in [-0.15, -0.1) is 0 Å². The van der Waals surface area contributed by atoms with Crippen molar-refractivity contribution in [3.63, 3.8) is 0 Å². The van der Waals surface area contributed by atoms with Gasteiger partial charge in [0.1, 0.15) is 18.5 Å². The SMILES string of the molecule is CC(=O)NCN(CCCCc1ccc2c(n1)NCCC2)CCC(NC(=O)OCc1ccccc1)C(=O)O. The highest BCUT2D eigenvalue weighted by Gasteiger charge is 2.22. The van der Waals surface area contributed by atoms with Gasteiger partial charge in [-0.2, -0.15) is 0 Å². The van der Waals surface area contributed by atoms with Crippen LogP contribution in [0.15, 0.2) is 42.5 Å². The summed E-state index contributed by atoms with van der Waals surface area (Å²) in [5, 5.41) is 18.2. The molecule has 2 amide bonds. The monoisotopic (exact) mass is 511 g/mol. The molecule has 1 aliphatic rings. The van der Waals surface area contributed by atoms with Crippen LogP contribution in [0.2, 0.25) is 0 Å². The second-order valence-corrected chi connectivity index (χ2v) is 9.19. The molecule has 0 aliphatic carbocycles. The Morgan fingerprint density at radius 3 is 2.70 bits per heavy atom. The Morgan fingerprint density at radius 2 is 1.95 bits per heavy atom. The van der Waals surface area contributed by atoms with Crippen molar-refractivity contribution in [3.8, 4) is 0 Å². The molecule has 1 aromatic heterocycles. The van der Waals surface area contributed by atoms with E-state index in [1.54, 1.807) is 0 Å². The third-order valence-corrected chi connectivity index (χ3v) is 6.20. The van der Waals surface area contributed by atoms with Gasteiger partial charge in [0.25, 0.3) is 0 Å². The highest BCUT2D eigenvalue weighted by molar-refractivity contribution is 5.79. The predicted molar refractivity (Wildman–Crippen MR) is 140 cm³/mol. The normalized spacial score (nSPS) is 13.2. The number of benzene rings is 1. The van der Waals surface area contributed by atoms with Crippen molar-refractivity contribution < 1.29 is 24.2 Å². The number of fused-ring (bicyclic) bond motifs is 1. The molecule has 1 unspecified atom stereocenters. The van der Waals surface area contributed by atoms with E-state index < -0.39 is 18.1 Å². The first-order valence-electron chi connectivity index (χ1n) is 12.8. The van der Waals surface area contributed by atoms with Gasteiger partial charge in [0.2, 0.25) is 5.91 Å². The van der Waals surface area contributed by atoms with Crippen LogP contribution >= 0.6 is 0 Å². The minimum atomic E-state index is -1.14. The summed E-state index contributed by atoms with van der Waals surface area (Å²) in [7, 11) is 0. The molecule has 1 aliphatic heterocycles. The lowest BCUT2D eigenvalue weighted by Crippen LogP contribution is -2.45. The standard InChI is InChI=1S/C27H37N5O5/c1-20(33)29-19-32(16-6-5-11-23-13-12-22-10-7-15-28-25(22)30-23)17-14-24(26(34)35)31-27(36)37-18-21-8-3-2-4-9-21/h2-4,8-9,12-13,24H,5-7,10-11,14-19H2,1H3,(H,28,30)(H,29,33)(H,31,36)(H,34,35). The first kappa shape index (κ1) is 27.9. The van der Waals surface area contributed by atoms with Gasteiger partial charge in [-0.3, -0.25) is 9.69 Å². The van der Waals surface area contributed by atoms with E-state index in [2.05, 4.69) is 28.1 Å². The van der Waals surface area contributed by atoms with E-state index in [1.807, 2.05) is 35.2 Å². The van der Waals surface area contributed by atoms with Crippen LogP contribution in [0.4, 0.5) is 10.6 Å². The number of anilines is 1. The summed E-state index contributed by atoms with van der Waals surface area (Å²) in [6.07, 6.45) is 4.20. The van der Waals surface area contributed by atoms with E-state index in [-0.39, 0.29) is 18.9 Å². The van der Waals surface area contributed by atoms with Crippen LogP contribution in [0.5, 0.6) is 0 Å². The van der Waals surface area contributed by atoms with Gasteiger partial charge < -0.3 is 25.8 Å². The second kappa shape index (κ2) is 14.8. The third-order valence-electron chi connectivity index (χ3n) is 6.20. The van der Waals surface area contributed by atoms with Crippen LogP contribution in [0.1, 0.15) is 49.4 Å². The Balaban J connectivity index is 1.44. The molecule has 0 spiro atoms. The van der Waals surface area contributed by atoms with Gasteiger partial charge in [-0.25, -0.2) is 14.6 Å². The molecule has 1 atom stereocenters. The fraction of sp³-hybridized carbons (Fsp3) is 0.481. The van der Waals surface area contributed by atoms with Gasteiger partial charge in [0.15, 0.2) is 0 Å². The molecule has 0 bridgehead atoms. The molecule has 0 fully saturated rings. The van der Waals surface area contributed by atoms with Crippen LogP contribution < -0.4 is 16.0 Å². The zero-order valence-corrected chi connectivity index (χ0v) is 21.4. The van der Waals surface area contributed by atoms with Crippen molar-refractivity contribution in [2.24, 2.45) is 0 Å². The predicted octanol–water partition coefficient (Wildman–Crippen LogP) is 2.93. The van der Waals surface area contributed by atoms with E-state index in [1.165, 1.54) is 12.5 Å². The lowest BCUT2D eigenvalue weighted by atomic mass is 10.1. The summed E-state index contributed by atoms with van der Waals surface area (Å²) in [4.78, 5) is 42.0. The van der Waals surface area contributed by atoms with Crippen molar-refractivity contribution >= 4 is 23.8 Å². The number of carbonyl (C=O) groups excluding carboxylic acids is 2. The Kier molecular flexibility index (Phi) is 11.2. The number of ether oxygens (including phenoxy) is 1. The van der Waals surface area contributed by atoms with Gasteiger partial charge in [-0.05, 0) is 62.3 Å². The molecule has 10 nitrogen and oxygen atoms in total. The summed E-state index contributed by atoms with van der Waals surface area (Å²) in [6, 6.07) is 12.3. The van der Waals surface area contributed by atoms with Crippen molar-refractivity contribution in [2.45, 2.75) is 58.1 Å². The number of nitrogens with zero attached hydrogens (tertiary/aromatic N) is 2. The van der Waals surface area contributed by atoms with Crippen LogP contribution in [-0.4, -0.2) is 65.3 Å². The first-order valence-corrected chi connectivity index (χ1v) is 12.8. The molecule has 0 radical (unpaired) electrons. The average Bonchev–Trinajstić information content (AvgIpc) is 2.90. The van der Waals surface area contributed by atoms with Crippen LogP contribution in [0.3, 0.4) is 0 Å². The highest BCUT2D eigenvalue weighted by atomic mass is 16.5. The number of alkyl carbamates (subject to hydrolysis) is 1. The topological polar surface area (TPSA) is 133 Å². The lowest BCUT2D eigenvalue weighted by Gasteiger charge is -2.24. The molecular formula is C27H37N5O5. The summed E-state index contributed by atoms with van der Waals surface area (Å²) in [6.45, 7) is 3.83. The summed E-state index contributed by atoms with van der Waals surface area (Å²) in [5.41, 5.74) is 3.13. The Bertz CT molecular complexity index is 1030. The molecule has 1 aromatic carbocycles. The van der Waals surface area contributed by atoms with Crippen molar-refractivity contribution in [1.29, 1.82) is 0 Å². The number of carboxylic acid groups (broad SMARTS) is 1. The van der Waals surface area contributed by atoms with E-state index >= 15 is 0 Å².